The van der Waals surface area contributed by atoms with Gasteiger partial charge in [-0.2, -0.15) is 18.3 Å². The highest BCUT2D eigenvalue weighted by Crippen LogP contribution is 2.31. The minimum Gasteiger partial charge on any atom is -0.352 e. The SMILES string of the molecule is Cn1cc(CN2CCN(c3ncc(C(F)(F)F)cc3F)CC2)cn1. The fourth-order valence-corrected chi connectivity index (χ4v) is 2.75. The van der Waals surface area contributed by atoms with Gasteiger partial charge in [0, 0.05) is 57.7 Å². The summed E-state index contributed by atoms with van der Waals surface area (Å²) < 4.78 is 53.4. The molecule has 0 spiro atoms. The second kappa shape index (κ2) is 6.39. The summed E-state index contributed by atoms with van der Waals surface area (Å²) in [5.41, 5.74) is 0.0174. The number of rotatable bonds is 3. The Hall–Kier alpha value is -2.16. The van der Waals surface area contributed by atoms with E-state index in [1.165, 1.54) is 0 Å². The van der Waals surface area contributed by atoms with Gasteiger partial charge in [0.25, 0.3) is 0 Å². The molecule has 24 heavy (non-hydrogen) atoms. The molecule has 1 aliphatic rings. The number of piperazine rings is 1. The Morgan fingerprint density at radius 1 is 1.12 bits per heavy atom. The molecule has 130 valence electrons. The monoisotopic (exact) mass is 343 g/mol. The van der Waals surface area contributed by atoms with Crippen LogP contribution in [0.25, 0.3) is 0 Å². The summed E-state index contributed by atoms with van der Waals surface area (Å²) in [6, 6.07) is 0.504. The number of aryl methyl sites for hydroxylation is 1. The third-order valence-corrected chi connectivity index (χ3v) is 3.99. The average molecular weight is 343 g/mol. The van der Waals surface area contributed by atoms with Gasteiger partial charge in [-0.05, 0) is 6.07 Å². The van der Waals surface area contributed by atoms with E-state index in [0.29, 0.717) is 38.4 Å². The summed E-state index contributed by atoms with van der Waals surface area (Å²) in [6.45, 7) is 3.11. The number of aromatic nitrogens is 3. The first-order chi connectivity index (χ1) is 11.3. The summed E-state index contributed by atoms with van der Waals surface area (Å²) >= 11 is 0. The van der Waals surface area contributed by atoms with Crippen molar-refractivity contribution in [3.63, 3.8) is 0 Å². The third kappa shape index (κ3) is 3.66. The lowest BCUT2D eigenvalue weighted by Crippen LogP contribution is -2.46. The minimum atomic E-state index is -4.59. The molecule has 1 fully saturated rings. The molecule has 3 rings (SSSR count). The van der Waals surface area contributed by atoms with Gasteiger partial charge in [-0.3, -0.25) is 9.58 Å². The van der Waals surface area contributed by atoms with Crippen molar-refractivity contribution < 1.29 is 17.6 Å². The Morgan fingerprint density at radius 2 is 1.83 bits per heavy atom. The van der Waals surface area contributed by atoms with Crippen molar-refractivity contribution in [2.24, 2.45) is 7.05 Å². The molecule has 2 aromatic rings. The molecule has 5 nitrogen and oxygen atoms in total. The maximum absolute atomic E-state index is 14.0. The van der Waals surface area contributed by atoms with Gasteiger partial charge in [-0.1, -0.05) is 0 Å². The Labute approximate surface area is 136 Å². The van der Waals surface area contributed by atoms with Crippen LogP contribution in [0, 0.1) is 5.82 Å². The van der Waals surface area contributed by atoms with E-state index in [1.54, 1.807) is 15.8 Å². The summed E-state index contributed by atoms with van der Waals surface area (Å²) in [5, 5.41) is 4.11. The van der Waals surface area contributed by atoms with Crippen molar-refractivity contribution in [2.45, 2.75) is 12.7 Å². The number of nitrogens with zero attached hydrogens (tertiary/aromatic N) is 5. The topological polar surface area (TPSA) is 37.2 Å². The first-order valence-electron chi connectivity index (χ1n) is 7.50. The van der Waals surface area contributed by atoms with Crippen LogP contribution in [0.1, 0.15) is 11.1 Å². The highest BCUT2D eigenvalue weighted by Gasteiger charge is 2.32. The second-order valence-electron chi connectivity index (χ2n) is 5.81. The fourth-order valence-electron chi connectivity index (χ4n) is 2.75. The lowest BCUT2D eigenvalue weighted by molar-refractivity contribution is -0.138. The van der Waals surface area contributed by atoms with Crippen LogP contribution >= 0.6 is 0 Å². The Morgan fingerprint density at radius 3 is 2.38 bits per heavy atom. The van der Waals surface area contributed by atoms with Crippen molar-refractivity contribution >= 4 is 5.82 Å². The van der Waals surface area contributed by atoms with Crippen LogP contribution in [0.5, 0.6) is 0 Å². The summed E-state index contributed by atoms with van der Waals surface area (Å²) in [7, 11) is 1.85. The van der Waals surface area contributed by atoms with Crippen LogP contribution in [-0.2, 0) is 19.8 Å². The van der Waals surface area contributed by atoms with E-state index in [2.05, 4.69) is 15.0 Å². The molecule has 0 bridgehead atoms. The lowest BCUT2D eigenvalue weighted by Gasteiger charge is -2.35. The normalized spacial score (nSPS) is 16.6. The number of anilines is 1. The first-order valence-corrected chi connectivity index (χ1v) is 7.50. The number of halogens is 4. The molecular weight excluding hydrogens is 326 g/mol. The van der Waals surface area contributed by atoms with Gasteiger partial charge in [0.1, 0.15) is 0 Å². The van der Waals surface area contributed by atoms with E-state index in [4.69, 9.17) is 0 Å². The van der Waals surface area contributed by atoms with E-state index >= 15 is 0 Å². The predicted octanol–water partition coefficient (Wildman–Crippen LogP) is 2.30. The predicted molar refractivity (Wildman–Crippen MR) is 79.9 cm³/mol. The zero-order chi connectivity index (χ0) is 17.3. The number of pyridine rings is 1. The maximum atomic E-state index is 14.0. The van der Waals surface area contributed by atoms with Crippen LogP contribution in [0.4, 0.5) is 23.4 Å². The standard InChI is InChI=1S/C15H17F4N5/c1-22-9-11(7-21-22)10-23-2-4-24(5-3-23)14-13(16)6-12(8-20-14)15(17,18)19/h6-9H,2-5,10H2,1H3. The zero-order valence-electron chi connectivity index (χ0n) is 13.1. The second-order valence-corrected chi connectivity index (χ2v) is 5.81. The number of hydrogen-bond acceptors (Lipinski definition) is 4. The Kier molecular flexibility index (Phi) is 4.44. The summed E-state index contributed by atoms with van der Waals surface area (Å²) in [5.74, 6) is -0.963. The van der Waals surface area contributed by atoms with E-state index in [0.717, 1.165) is 12.1 Å². The van der Waals surface area contributed by atoms with Crippen molar-refractivity contribution in [2.75, 3.05) is 31.1 Å². The number of hydrogen-bond donors (Lipinski definition) is 0. The highest BCUT2D eigenvalue weighted by atomic mass is 19.4. The lowest BCUT2D eigenvalue weighted by atomic mass is 10.2. The van der Waals surface area contributed by atoms with Crippen molar-refractivity contribution in [1.29, 1.82) is 0 Å². The molecule has 9 heteroatoms. The van der Waals surface area contributed by atoms with E-state index in [9.17, 15) is 17.6 Å². The quantitative estimate of drug-likeness (QED) is 0.802. The largest absolute Gasteiger partial charge is 0.417 e. The molecule has 0 aliphatic carbocycles. The van der Waals surface area contributed by atoms with E-state index in [-0.39, 0.29) is 5.82 Å². The summed E-state index contributed by atoms with van der Waals surface area (Å²) in [6.07, 6.45) is -0.178. The molecule has 1 saturated heterocycles. The first kappa shape index (κ1) is 16.7. The van der Waals surface area contributed by atoms with E-state index in [1.807, 2.05) is 13.2 Å². The third-order valence-electron chi connectivity index (χ3n) is 3.99. The van der Waals surface area contributed by atoms with Gasteiger partial charge in [0.15, 0.2) is 11.6 Å². The maximum Gasteiger partial charge on any atom is 0.417 e. The van der Waals surface area contributed by atoms with Gasteiger partial charge in [0.2, 0.25) is 0 Å². The number of alkyl halides is 3. The molecule has 0 radical (unpaired) electrons. The molecule has 0 atom stereocenters. The molecule has 0 N–H and O–H groups in total. The fraction of sp³-hybridized carbons (Fsp3) is 0.467. The molecule has 0 unspecified atom stereocenters. The van der Waals surface area contributed by atoms with Crippen molar-refractivity contribution in [3.05, 3.63) is 41.6 Å². The van der Waals surface area contributed by atoms with Crippen molar-refractivity contribution in [3.8, 4) is 0 Å². The van der Waals surface area contributed by atoms with Crippen LogP contribution in [0.2, 0.25) is 0 Å². The Balaban J connectivity index is 1.62. The molecule has 3 heterocycles. The smallest absolute Gasteiger partial charge is 0.352 e. The van der Waals surface area contributed by atoms with Gasteiger partial charge in [0.05, 0.1) is 11.8 Å². The molecule has 2 aromatic heterocycles. The van der Waals surface area contributed by atoms with Crippen LogP contribution in [0.3, 0.4) is 0 Å². The molecule has 0 aromatic carbocycles. The molecular formula is C15H17F4N5. The minimum absolute atomic E-state index is 0.0240. The van der Waals surface area contributed by atoms with Gasteiger partial charge < -0.3 is 4.90 Å². The van der Waals surface area contributed by atoms with Crippen LogP contribution in [0.15, 0.2) is 24.7 Å². The van der Waals surface area contributed by atoms with Gasteiger partial charge >= 0.3 is 6.18 Å². The molecule has 0 amide bonds. The molecule has 0 saturated carbocycles. The van der Waals surface area contributed by atoms with E-state index < -0.39 is 17.6 Å². The van der Waals surface area contributed by atoms with Gasteiger partial charge in [-0.25, -0.2) is 9.37 Å². The summed E-state index contributed by atoms with van der Waals surface area (Å²) in [4.78, 5) is 7.55. The highest BCUT2D eigenvalue weighted by molar-refractivity contribution is 5.42. The average Bonchev–Trinajstić information content (AvgIpc) is 2.92. The zero-order valence-corrected chi connectivity index (χ0v) is 13.1. The van der Waals surface area contributed by atoms with Crippen LogP contribution in [-0.4, -0.2) is 45.8 Å². The Bertz CT molecular complexity index is 704. The molecule has 1 aliphatic heterocycles. The van der Waals surface area contributed by atoms with Gasteiger partial charge in [-0.15, -0.1) is 0 Å². The van der Waals surface area contributed by atoms with Crippen molar-refractivity contribution in [1.82, 2.24) is 19.7 Å². The van der Waals surface area contributed by atoms with Crippen LogP contribution < -0.4 is 4.90 Å².